The van der Waals surface area contributed by atoms with Gasteiger partial charge in [0.25, 0.3) is 0 Å². The maximum atomic E-state index is 12.3. The van der Waals surface area contributed by atoms with E-state index in [1.54, 1.807) is 18.2 Å². The fourth-order valence-electron chi connectivity index (χ4n) is 2.77. The SMILES string of the molecule is CC(C(=O)Nc1cccc(Cl)c1)N(C)CC1CCCC1O. The molecule has 21 heavy (non-hydrogen) atoms. The summed E-state index contributed by atoms with van der Waals surface area (Å²) in [6.07, 6.45) is 2.76. The predicted molar refractivity (Wildman–Crippen MR) is 85.5 cm³/mol. The van der Waals surface area contributed by atoms with Gasteiger partial charge >= 0.3 is 0 Å². The Balaban J connectivity index is 1.89. The van der Waals surface area contributed by atoms with E-state index in [0.29, 0.717) is 10.7 Å². The van der Waals surface area contributed by atoms with Gasteiger partial charge in [-0.3, -0.25) is 9.69 Å². The zero-order valence-electron chi connectivity index (χ0n) is 12.6. The fraction of sp³-hybridized carbons (Fsp3) is 0.562. The van der Waals surface area contributed by atoms with E-state index in [0.717, 1.165) is 25.8 Å². The molecule has 0 bridgehead atoms. The molecule has 1 aliphatic rings. The van der Waals surface area contributed by atoms with Gasteiger partial charge in [-0.2, -0.15) is 0 Å². The van der Waals surface area contributed by atoms with E-state index < -0.39 is 0 Å². The molecule has 0 spiro atoms. The number of hydrogen-bond acceptors (Lipinski definition) is 3. The molecule has 0 radical (unpaired) electrons. The third-order valence-corrected chi connectivity index (χ3v) is 4.51. The third-order valence-electron chi connectivity index (χ3n) is 4.27. The molecule has 2 rings (SSSR count). The van der Waals surface area contributed by atoms with Crippen LogP contribution >= 0.6 is 11.6 Å². The van der Waals surface area contributed by atoms with Crippen molar-refractivity contribution in [2.45, 2.75) is 38.3 Å². The van der Waals surface area contributed by atoms with Crippen LogP contribution in [0.25, 0.3) is 0 Å². The van der Waals surface area contributed by atoms with E-state index in [9.17, 15) is 9.90 Å². The summed E-state index contributed by atoms with van der Waals surface area (Å²) in [5, 5.41) is 13.4. The summed E-state index contributed by atoms with van der Waals surface area (Å²) < 4.78 is 0. The minimum absolute atomic E-state index is 0.0627. The van der Waals surface area contributed by atoms with Gasteiger partial charge in [-0.1, -0.05) is 24.1 Å². The number of nitrogens with zero attached hydrogens (tertiary/aromatic N) is 1. The smallest absolute Gasteiger partial charge is 0.241 e. The van der Waals surface area contributed by atoms with Crippen LogP contribution in [0.5, 0.6) is 0 Å². The number of aliphatic hydroxyl groups is 1. The number of halogens is 1. The monoisotopic (exact) mass is 310 g/mol. The first-order chi connectivity index (χ1) is 9.97. The highest BCUT2D eigenvalue weighted by atomic mass is 35.5. The highest BCUT2D eigenvalue weighted by Crippen LogP contribution is 2.26. The van der Waals surface area contributed by atoms with Crippen molar-refractivity contribution in [1.82, 2.24) is 4.90 Å². The minimum atomic E-state index is -0.253. The number of carbonyl (C=O) groups excluding carboxylic acids is 1. The molecule has 2 N–H and O–H groups in total. The summed E-state index contributed by atoms with van der Waals surface area (Å²) in [5.74, 6) is 0.212. The minimum Gasteiger partial charge on any atom is -0.393 e. The number of likely N-dealkylation sites (N-methyl/N-ethyl adjacent to an activating group) is 1. The molecule has 3 atom stereocenters. The molecule has 0 aromatic heterocycles. The molecule has 0 saturated heterocycles. The van der Waals surface area contributed by atoms with Gasteiger partial charge < -0.3 is 10.4 Å². The quantitative estimate of drug-likeness (QED) is 0.879. The largest absolute Gasteiger partial charge is 0.393 e. The molecule has 1 aliphatic carbocycles. The van der Waals surface area contributed by atoms with Crippen molar-refractivity contribution >= 4 is 23.2 Å². The molecular weight excluding hydrogens is 288 g/mol. The second-order valence-corrected chi connectivity index (χ2v) is 6.31. The molecule has 3 unspecified atom stereocenters. The van der Waals surface area contributed by atoms with Crippen LogP contribution in [0, 0.1) is 5.92 Å². The van der Waals surface area contributed by atoms with E-state index in [4.69, 9.17) is 11.6 Å². The lowest BCUT2D eigenvalue weighted by atomic mass is 10.0. The van der Waals surface area contributed by atoms with E-state index in [-0.39, 0.29) is 24.0 Å². The van der Waals surface area contributed by atoms with E-state index in [1.165, 1.54) is 0 Å². The molecule has 1 aromatic carbocycles. The Hall–Kier alpha value is -1.10. The van der Waals surface area contributed by atoms with Gasteiger partial charge in [0, 0.05) is 17.3 Å². The van der Waals surface area contributed by atoms with Crippen molar-refractivity contribution in [3.05, 3.63) is 29.3 Å². The van der Waals surface area contributed by atoms with Crippen LogP contribution in [0.1, 0.15) is 26.2 Å². The number of aliphatic hydroxyl groups excluding tert-OH is 1. The molecule has 116 valence electrons. The van der Waals surface area contributed by atoms with Crippen LogP contribution in [0.2, 0.25) is 5.02 Å². The number of anilines is 1. The second-order valence-electron chi connectivity index (χ2n) is 5.87. The van der Waals surface area contributed by atoms with Gasteiger partial charge in [0.2, 0.25) is 5.91 Å². The number of hydrogen-bond donors (Lipinski definition) is 2. The summed E-state index contributed by atoms with van der Waals surface area (Å²) in [4.78, 5) is 14.3. The van der Waals surface area contributed by atoms with Crippen molar-refractivity contribution in [2.75, 3.05) is 18.9 Å². The number of benzene rings is 1. The zero-order chi connectivity index (χ0) is 15.4. The average Bonchev–Trinajstić information content (AvgIpc) is 2.83. The molecule has 5 heteroatoms. The summed E-state index contributed by atoms with van der Waals surface area (Å²) in [7, 11) is 1.92. The summed E-state index contributed by atoms with van der Waals surface area (Å²) >= 11 is 5.91. The first-order valence-electron chi connectivity index (χ1n) is 7.42. The van der Waals surface area contributed by atoms with Crippen molar-refractivity contribution in [3.63, 3.8) is 0 Å². The Kier molecular flexibility index (Phi) is 5.62. The standard InChI is InChI=1S/C16H23ClN2O2/c1-11(19(2)10-12-5-3-8-15(12)20)16(21)18-14-7-4-6-13(17)9-14/h4,6-7,9,11-12,15,20H,3,5,8,10H2,1-2H3,(H,18,21). The lowest BCUT2D eigenvalue weighted by molar-refractivity contribution is -0.120. The van der Waals surface area contributed by atoms with Gasteiger partial charge in [0.15, 0.2) is 0 Å². The highest BCUT2D eigenvalue weighted by molar-refractivity contribution is 6.30. The van der Waals surface area contributed by atoms with E-state index >= 15 is 0 Å². The maximum Gasteiger partial charge on any atom is 0.241 e. The molecule has 4 nitrogen and oxygen atoms in total. The third kappa shape index (κ3) is 4.43. The summed E-state index contributed by atoms with van der Waals surface area (Å²) in [5.41, 5.74) is 0.702. The number of nitrogens with one attached hydrogen (secondary N) is 1. The van der Waals surface area contributed by atoms with Crippen LogP contribution in [-0.4, -0.2) is 41.7 Å². The van der Waals surface area contributed by atoms with Gasteiger partial charge in [0.05, 0.1) is 12.1 Å². The first kappa shape index (κ1) is 16.3. The number of amides is 1. The van der Waals surface area contributed by atoms with Crippen molar-refractivity contribution in [3.8, 4) is 0 Å². The maximum absolute atomic E-state index is 12.3. The Morgan fingerprint density at radius 3 is 2.90 bits per heavy atom. The zero-order valence-corrected chi connectivity index (χ0v) is 13.3. The van der Waals surface area contributed by atoms with Gasteiger partial charge in [0.1, 0.15) is 0 Å². The molecule has 1 amide bonds. The highest BCUT2D eigenvalue weighted by Gasteiger charge is 2.28. The number of carbonyl (C=O) groups is 1. The average molecular weight is 311 g/mol. The molecule has 1 fully saturated rings. The van der Waals surface area contributed by atoms with Crippen LogP contribution in [0.3, 0.4) is 0 Å². The van der Waals surface area contributed by atoms with E-state index in [1.807, 2.05) is 24.9 Å². The lowest BCUT2D eigenvalue weighted by Gasteiger charge is -2.27. The number of rotatable bonds is 5. The Bertz CT molecular complexity index is 495. The van der Waals surface area contributed by atoms with Crippen LogP contribution in [0.4, 0.5) is 5.69 Å². The van der Waals surface area contributed by atoms with Gasteiger partial charge in [-0.15, -0.1) is 0 Å². The lowest BCUT2D eigenvalue weighted by Crippen LogP contribution is -2.43. The van der Waals surface area contributed by atoms with E-state index in [2.05, 4.69) is 5.32 Å². The molecule has 0 aliphatic heterocycles. The molecule has 1 saturated carbocycles. The van der Waals surface area contributed by atoms with Gasteiger partial charge in [-0.05, 0) is 50.9 Å². The molecular formula is C16H23ClN2O2. The van der Waals surface area contributed by atoms with Crippen molar-refractivity contribution in [2.24, 2.45) is 5.92 Å². The van der Waals surface area contributed by atoms with Gasteiger partial charge in [-0.25, -0.2) is 0 Å². The summed E-state index contributed by atoms with van der Waals surface area (Å²) in [6.45, 7) is 2.62. The normalized spacial score (nSPS) is 23.3. The molecule has 1 aromatic rings. The van der Waals surface area contributed by atoms with Crippen molar-refractivity contribution < 1.29 is 9.90 Å². The topological polar surface area (TPSA) is 52.6 Å². The van der Waals surface area contributed by atoms with Crippen LogP contribution in [-0.2, 0) is 4.79 Å². The Morgan fingerprint density at radius 2 is 2.29 bits per heavy atom. The fourth-order valence-corrected chi connectivity index (χ4v) is 2.96. The predicted octanol–water partition coefficient (Wildman–Crippen LogP) is 2.76. The second kappa shape index (κ2) is 7.25. The Labute approximate surface area is 131 Å². The van der Waals surface area contributed by atoms with Crippen molar-refractivity contribution in [1.29, 1.82) is 0 Å². The summed E-state index contributed by atoms with van der Waals surface area (Å²) in [6, 6.07) is 6.87. The van der Waals surface area contributed by atoms with Crippen LogP contribution < -0.4 is 5.32 Å². The molecule has 0 heterocycles. The van der Waals surface area contributed by atoms with Crippen LogP contribution in [0.15, 0.2) is 24.3 Å². The first-order valence-corrected chi connectivity index (χ1v) is 7.80. The Morgan fingerprint density at radius 1 is 1.52 bits per heavy atom.